The lowest BCUT2D eigenvalue weighted by molar-refractivity contribution is -0.122. The summed E-state index contributed by atoms with van der Waals surface area (Å²) in [6.45, 7) is 5.42. The first-order valence-electron chi connectivity index (χ1n) is 9.65. The molecule has 2 aliphatic rings. The lowest BCUT2D eigenvalue weighted by atomic mass is 9.93. The van der Waals surface area contributed by atoms with Gasteiger partial charge in [0.1, 0.15) is 0 Å². The molecule has 8 heteroatoms. The molecule has 1 heterocycles. The van der Waals surface area contributed by atoms with Crippen molar-refractivity contribution in [3.63, 3.8) is 0 Å². The van der Waals surface area contributed by atoms with E-state index in [-0.39, 0.29) is 35.8 Å². The molecule has 1 aliphatic carbocycles. The Bertz CT molecular complexity index is 474. The number of likely N-dealkylation sites (tertiary alicyclic amines) is 1. The number of halogens is 1. The lowest BCUT2D eigenvalue weighted by Crippen LogP contribution is -2.46. The topological polar surface area (TPSA) is 85.8 Å². The number of nitrogens with one attached hydrogen (secondary N) is 3. The third-order valence-corrected chi connectivity index (χ3v) is 4.77. The second-order valence-electron chi connectivity index (χ2n) is 6.99. The molecule has 1 saturated carbocycles. The molecule has 1 saturated heterocycles. The number of nitrogens with zero attached hydrogens (tertiary/aromatic N) is 2. The van der Waals surface area contributed by atoms with Crippen molar-refractivity contribution in [1.82, 2.24) is 20.9 Å². The van der Waals surface area contributed by atoms with Crippen molar-refractivity contribution < 1.29 is 9.59 Å². The zero-order valence-electron chi connectivity index (χ0n) is 16.1. The van der Waals surface area contributed by atoms with Crippen LogP contribution in [0.4, 0.5) is 0 Å². The van der Waals surface area contributed by atoms with Crippen LogP contribution in [0.2, 0.25) is 0 Å². The predicted molar refractivity (Wildman–Crippen MR) is 115 cm³/mol. The second-order valence-corrected chi connectivity index (χ2v) is 6.99. The standard InChI is InChI=1S/C18H33N5O2.HI/c1-3-20-18(21-10-4-5-16(24)22-15-6-7-15)23-11-8-14(9-12-23)13-17(25)19-2;/h14-15H,3-13H2,1-2H3,(H,19,25)(H,20,21)(H,22,24);1H. The number of carbonyl (C=O) groups is 2. The summed E-state index contributed by atoms with van der Waals surface area (Å²) in [4.78, 5) is 30.2. The van der Waals surface area contributed by atoms with Crippen molar-refractivity contribution in [2.45, 2.75) is 57.9 Å². The fourth-order valence-electron chi connectivity index (χ4n) is 3.09. The van der Waals surface area contributed by atoms with E-state index in [4.69, 9.17) is 0 Å². The van der Waals surface area contributed by atoms with Gasteiger partial charge in [-0.15, -0.1) is 24.0 Å². The van der Waals surface area contributed by atoms with Gasteiger partial charge in [0.2, 0.25) is 11.8 Å². The Labute approximate surface area is 174 Å². The van der Waals surface area contributed by atoms with Gasteiger partial charge in [-0.2, -0.15) is 0 Å². The summed E-state index contributed by atoms with van der Waals surface area (Å²) < 4.78 is 0. The van der Waals surface area contributed by atoms with E-state index >= 15 is 0 Å². The van der Waals surface area contributed by atoms with E-state index in [1.54, 1.807) is 7.05 Å². The van der Waals surface area contributed by atoms with Gasteiger partial charge in [0.15, 0.2) is 5.96 Å². The van der Waals surface area contributed by atoms with Crippen LogP contribution in [-0.4, -0.2) is 61.9 Å². The minimum absolute atomic E-state index is 0. The number of amides is 2. The van der Waals surface area contributed by atoms with E-state index in [0.717, 1.165) is 57.7 Å². The molecule has 2 amide bonds. The second kappa shape index (κ2) is 12.3. The number of guanidine groups is 1. The molecule has 0 aromatic rings. The van der Waals surface area contributed by atoms with Gasteiger partial charge in [-0.3, -0.25) is 14.6 Å². The summed E-state index contributed by atoms with van der Waals surface area (Å²) in [5.74, 6) is 1.68. The van der Waals surface area contributed by atoms with Gasteiger partial charge in [-0.1, -0.05) is 0 Å². The summed E-state index contributed by atoms with van der Waals surface area (Å²) >= 11 is 0. The first-order valence-corrected chi connectivity index (χ1v) is 9.65. The first-order chi connectivity index (χ1) is 12.1. The SMILES string of the molecule is CCNC(=NCCCC(=O)NC1CC1)N1CCC(CC(=O)NC)CC1.I. The lowest BCUT2D eigenvalue weighted by Gasteiger charge is -2.34. The minimum Gasteiger partial charge on any atom is -0.359 e. The highest BCUT2D eigenvalue weighted by molar-refractivity contribution is 14.0. The normalized spacial score (nSPS) is 18.1. The highest BCUT2D eigenvalue weighted by Crippen LogP contribution is 2.20. The van der Waals surface area contributed by atoms with Crippen LogP contribution < -0.4 is 16.0 Å². The van der Waals surface area contributed by atoms with Crippen molar-refractivity contribution in [1.29, 1.82) is 0 Å². The molecule has 2 fully saturated rings. The molecule has 0 radical (unpaired) electrons. The number of aliphatic imine (C=N–C) groups is 1. The predicted octanol–water partition coefficient (Wildman–Crippen LogP) is 1.48. The molecule has 3 N–H and O–H groups in total. The fraction of sp³-hybridized carbons (Fsp3) is 0.833. The highest BCUT2D eigenvalue weighted by atomic mass is 127. The van der Waals surface area contributed by atoms with Gasteiger partial charge in [-0.05, 0) is 44.9 Å². The summed E-state index contributed by atoms with van der Waals surface area (Å²) in [6, 6.07) is 0.435. The average Bonchev–Trinajstić information content (AvgIpc) is 3.42. The van der Waals surface area contributed by atoms with Crippen LogP contribution in [0.15, 0.2) is 4.99 Å². The average molecular weight is 479 g/mol. The smallest absolute Gasteiger partial charge is 0.220 e. The van der Waals surface area contributed by atoms with Crippen LogP contribution >= 0.6 is 24.0 Å². The third-order valence-electron chi connectivity index (χ3n) is 4.77. The maximum atomic E-state index is 11.7. The zero-order chi connectivity index (χ0) is 18.1. The van der Waals surface area contributed by atoms with Crippen LogP contribution in [-0.2, 0) is 9.59 Å². The molecule has 0 aromatic carbocycles. The molecule has 7 nitrogen and oxygen atoms in total. The van der Waals surface area contributed by atoms with Crippen molar-refractivity contribution in [2.24, 2.45) is 10.9 Å². The Morgan fingerprint density at radius 1 is 1.12 bits per heavy atom. The molecule has 0 aromatic heterocycles. The van der Waals surface area contributed by atoms with Crippen LogP contribution in [0, 0.1) is 5.92 Å². The number of hydrogen-bond donors (Lipinski definition) is 3. The van der Waals surface area contributed by atoms with Gasteiger partial charge in [0.05, 0.1) is 0 Å². The van der Waals surface area contributed by atoms with Gasteiger partial charge in [0, 0.05) is 52.1 Å². The Morgan fingerprint density at radius 2 is 1.81 bits per heavy atom. The van der Waals surface area contributed by atoms with E-state index in [2.05, 4.69) is 32.8 Å². The van der Waals surface area contributed by atoms with Crippen LogP contribution in [0.1, 0.15) is 51.9 Å². The van der Waals surface area contributed by atoms with Crippen LogP contribution in [0.5, 0.6) is 0 Å². The molecular formula is C18H34IN5O2. The van der Waals surface area contributed by atoms with Crippen molar-refractivity contribution in [3.8, 4) is 0 Å². The van der Waals surface area contributed by atoms with E-state index < -0.39 is 0 Å². The molecular weight excluding hydrogens is 445 g/mol. The Balaban J connectivity index is 0.00000338. The minimum atomic E-state index is 0. The number of hydrogen-bond acceptors (Lipinski definition) is 3. The summed E-state index contributed by atoms with van der Waals surface area (Å²) in [5, 5.41) is 9.06. The number of rotatable bonds is 8. The first kappa shape index (κ1) is 23.0. The van der Waals surface area contributed by atoms with Crippen molar-refractivity contribution in [2.75, 3.05) is 33.2 Å². The highest BCUT2D eigenvalue weighted by Gasteiger charge is 2.24. The van der Waals surface area contributed by atoms with Gasteiger partial charge in [0.25, 0.3) is 0 Å². The molecule has 2 rings (SSSR count). The largest absolute Gasteiger partial charge is 0.359 e. The molecule has 26 heavy (non-hydrogen) atoms. The summed E-state index contributed by atoms with van der Waals surface area (Å²) in [5.41, 5.74) is 0. The monoisotopic (exact) mass is 479 g/mol. The third kappa shape index (κ3) is 8.55. The molecule has 0 unspecified atom stereocenters. The quantitative estimate of drug-likeness (QED) is 0.213. The number of piperidine rings is 1. The van der Waals surface area contributed by atoms with Gasteiger partial charge in [-0.25, -0.2) is 0 Å². The van der Waals surface area contributed by atoms with E-state index in [1.165, 1.54) is 0 Å². The molecule has 0 bridgehead atoms. The van der Waals surface area contributed by atoms with E-state index in [0.29, 0.717) is 31.3 Å². The zero-order valence-corrected chi connectivity index (χ0v) is 18.4. The summed E-state index contributed by atoms with van der Waals surface area (Å²) in [6.07, 6.45) is 6.24. The van der Waals surface area contributed by atoms with Gasteiger partial charge >= 0.3 is 0 Å². The Morgan fingerprint density at radius 3 is 2.38 bits per heavy atom. The fourth-order valence-corrected chi connectivity index (χ4v) is 3.09. The molecule has 0 spiro atoms. The molecule has 150 valence electrons. The molecule has 1 aliphatic heterocycles. The Kier molecular flexibility index (Phi) is 10.9. The van der Waals surface area contributed by atoms with E-state index in [9.17, 15) is 9.59 Å². The van der Waals surface area contributed by atoms with Gasteiger partial charge < -0.3 is 20.9 Å². The van der Waals surface area contributed by atoms with E-state index in [1.807, 2.05) is 0 Å². The van der Waals surface area contributed by atoms with Crippen LogP contribution in [0.3, 0.4) is 0 Å². The maximum Gasteiger partial charge on any atom is 0.220 e. The summed E-state index contributed by atoms with van der Waals surface area (Å²) in [7, 11) is 1.69. The maximum absolute atomic E-state index is 11.7. The van der Waals surface area contributed by atoms with Crippen LogP contribution in [0.25, 0.3) is 0 Å². The Hall–Kier alpha value is -1.06. The molecule has 0 atom stereocenters. The van der Waals surface area contributed by atoms with Crippen molar-refractivity contribution in [3.05, 3.63) is 0 Å². The number of carbonyl (C=O) groups excluding carboxylic acids is 2. The van der Waals surface area contributed by atoms with Crippen molar-refractivity contribution >= 4 is 41.8 Å².